The first-order chi connectivity index (χ1) is 12.6. The van der Waals surface area contributed by atoms with Crippen LogP contribution in [0.15, 0.2) is 54.6 Å². The van der Waals surface area contributed by atoms with Crippen LogP contribution < -0.4 is 10.2 Å². The number of benzene rings is 2. The summed E-state index contributed by atoms with van der Waals surface area (Å²) in [6.45, 7) is 2.51. The average Bonchev–Trinajstić information content (AvgIpc) is 3.04. The number of amides is 2. The van der Waals surface area contributed by atoms with Crippen LogP contribution >= 0.6 is 0 Å². The van der Waals surface area contributed by atoms with Gasteiger partial charge in [-0.05, 0) is 43.7 Å². The normalized spacial score (nSPS) is 16.4. The zero-order valence-corrected chi connectivity index (χ0v) is 14.5. The second-order valence-electron chi connectivity index (χ2n) is 5.96. The van der Waals surface area contributed by atoms with Crippen LogP contribution in [0, 0.1) is 5.92 Å². The smallest absolute Gasteiger partial charge is 0.338 e. The molecule has 1 N–H and O–H groups in total. The molecule has 2 aromatic rings. The molecule has 1 aliphatic rings. The van der Waals surface area contributed by atoms with Crippen LogP contribution in [0.4, 0.5) is 11.4 Å². The molecule has 6 nitrogen and oxygen atoms in total. The fourth-order valence-electron chi connectivity index (χ4n) is 2.96. The molecule has 0 saturated carbocycles. The standard InChI is InChI=1S/C20H20N2O4/c1-2-26-20(25)14-7-6-8-15(13-14)21-18(23)17-11-12-22(19(17)24)16-9-4-3-5-10-16/h3-10,13,17H,2,11-12H2,1H3,(H,21,23)/t17-/m1/s1. The fourth-order valence-corrected chi connectivity index (χ4v) is 2.96. The maximum absolute atomic E-state index is 12.6. The first kappa shape index (κ1) is 17.7. The summed E-state index contributed by atoms with van der Waals surface area (Å²) in [5, 5.41) is 2.73. The molecule has 1 atom stereocenters. The highest BCUT2D eigenvalue weighted by atomic mass is 16.5. The van der Waals surface area contributed by atoms with Crippen molar-refractivity contribution in [2.75, 3.05) is 23.4 Å². The van der Waals surface area contributed by atoms with Crippen molar-refractivity contribution in [3.63, 3.8) is 0 Å². The largest absolute Gasteiger partial charge is 0.462 e. The highest BCUT2D eigenvalue weighted by Gasteiger charge is 2.37. The maximum atomic E-state index is 12.6. The molecule has 0 aliphatic carbocycles. The Labute approximate surface area is 151 Å². The van der Waals surface area contributed by atoms with Crippen molar-refractivity contribution in [1.82, 2.24) is 0 Å². The van der Waals surface area contributed by atoms with E-state index in [4.69, 9.17) is 4.74 Å². The van der Waals surface area contributed by atoms with E-state index in [1.54, 1.807) is 36.1 Å². The Hall–Kier alpha value is -3.15. The topological polar surface area (TPSA) is 75.7 Å². The third-order valence-electron chi connectivity index (χ3n) is 4.23. The number of ether oxygens (including phenoxy) is 1. The summed E-state index contributed by atoms with van der Waals surface area (Å²) in [6.07, 6.45) is 0.455. The van der Waals surface area contributed by atoms with Gasteiger partial charge >= 0.3 is 5.97 Å². The Balaban J connectivity index is 1.68. The van der Waals surface area contributed by atoms with Gasteiger partial charge in [0.1, 0.15) is 5.92 Å². The SMILES string of the molecule is CCOC(=O)c1cccc(NC(=O)[C@H]2CCN(c3ccccc3)C2=O)c1. The number of esters is 1. The quantitative estimate of drug-likeness (QED) is 0.663. The lowest BCUT2D eigenvalue weighted by Crippen LogP contribution is -2.33. The van der Waals surface area contributed by atoms with Gasteiger partial charge in [0.05, 0.1) is 12.2 Å². The highest BCUT2D eigenvalue weighted by molar-refractivity contribution is 6.13. The second-order valence-corrected chi connectivity index (χ2v) is 5.96. The van der Waals surface area contributed by atoms with E-state index in [1.165, 1.54) is 0 Å². The van der Waals surface area contributed by atoms with Gasteiger partial charge in [0.25, 0.3) is 0 Å². The molecule has 0 aromatic heterocycles. The van der Waals surface area contributed by atoms with Crippen molar-refractivity contribution in [3.8, 4) is 0 Å². The lowest BCUT2D eigenvalue weighted by molar-refractivity contribution is -0.129. The van der Waals surface area contributed by atoms with E-state index in [2.05, 4.69) is 5.32 Å². The van der Waals surface area contributed by atoms with Crippen molar-refractivity contribution >= 4 is 29.2 Å². The predicted octanol–water partition coefficient (Wildman–Crippen LogP) is 2.85. The zero-order chi connectivity index (χ0) is 18.5. The molecule has 6 heteroatoms. The molecule has 26 heavy (non-hydrogen) atoms. The average molecular weight is 352 g/mol. The summed E-state index contributed by atoms with van der Waals surface area (Å²) < 4.78 is 4.96. The molecule has 0 bridgehead atoms. The van der Waals surface area contributed by atoms with Crippen LogP contribution in [-0.4, -0.2) is 30.9 Å². The van der Waals surface area contributed by atoms with E-state index in [1.807, 2.05) is 30.3 Å². The van der Waals surface area contributed by atoms with Crippen LogP contribution in [0.3, 0.4) is 0 Å². The Morgan fingerprint density at radius 3 is 2.65 bits per heavy atom. The van der Waals surface area contributed by atoms with Gasteiger partial charge in [-0.3, -0.25) is 9.59 Å². The van der Waals surface area contributed by atoms with E-state index in [0.29, 0.717) is 24.2 Å². The molecule has 0 unspecified atom stereocenters. The van der Waals surface area contributed by atoms with E-state index < -0.39 is 11.9 Å². The first-order valence-electron chi connectivity index (χ1n) is 8.54. The van der Waals surface area contributed by atoms with Gasteiger partial charge in [0.15, 0.2) is 0 Å². The van der Waals surface area contributed by atoms with Gasteiger partial charge in [-0.2, -0.15) is 0 Å². The summed E-state index contributed by atoms with van der Waals surface area (Å²) in [6, 6.07) is 15.8. The van der Waals surface area contributed by atoms with Crippen molar-refractivity contribution < 1.29 is 19.1 Å². The Morgan fingerprint density at radius 1 is 1.15 bits per heavy atom. The van der Waals surface area contributed by atoms with Crippen LogP contribution in [0.5, 0.6) is 0 Å². The van der Waals surface area contributed by atoms with Gasteiger partial charge < -0.3 is 15.0 Å². The minimum atomic E-state index is -0.735. The van der Waals surface area contributed by atoms with Crippen LogP contribution in [0.1, 0.15) is 23.7 Å². The Kier molecular flexibility index (Phi) is 5.31. The molecule has 1 fully saturated rings. The summed E-state index contributed by atoms with van der Waals surface area (Å²) >= 11 is 0. The maximum Gasteiger partial charge on any atom is 0.338 e. The Morgan fingerprint density at radius 2 is 1.92 bits per heavy atom. The van der Waals surface area contributed by atoms with Crippen LogP contribution in [-0.2, 0) is 14.3 Å². The summed E-state index contributed by atoms with van der Waals surface area (Å²) in [5.74, 6) is -1.76. The number of hydrogen-bond acceptors (Lipinski definition) is 4. The number of para-hydroxylation sites is 1. The molecule has 134 valence electrons. The number of carbonyl (C=O) groups excluding carboxylic acids is 3. The minimum Gasteiger partial charge on any atom is -0.462 e. The van der Waals surface area contributed by atoms with Crippen molar-refractivity contribution in [2.24, 2.45) is 5.92 Å². The van der Waals surface area contributed by atoms with Crippen molar-refractivity contribution in [3.05, 3.63) is 60.2 Å². The molecular weight excluding hydrogens is 332 g/mol. The van der Waals surface area contributed by atoms with Crippen molar-refractivity contribution in [2.45, 2.75) is 13.3 Å². The number of rotatable bonds is 5. The highest BCUT2D eigenvalue weighted by Crippen LogP contribution is 2.26. The number of nitrogens with one attached hydrogen (secondary N) is 1. The second kappa shape index (κ2) is 7.82. The summed E-state index contributed by atoms with van der Waals surface area (Å²) in [5.41, 5.74) is 1.61. The molecule has 2 aromatic carbocycles. The molecular formula is C20H20N2O4. The fraction of sp³-hybridized carbons (Fsp3) is 0.250. The van der Waals surface area contributed by atoms with Gasteiger partial charge in [-0.15, -0.1) is 0 Å². The molecule has 0 spiro atoms. The first-order valence-corrected chi connectivity index (χ1v) is 8.54. The molecule has 0 radical (unpaired) electrons. The van der Waals surface area contributed by atoms with Crippen LogP contribution in [0.2, 0.25) is 0 Å². The molecule has 1 aliphatic heterocycles. The van der Waals surface area contributed by atoms with Crippen LogP contribution in [0.25, 0.3) is 0 Å². The van der Waals surface area contributed by atoms with E-state index in [0.717, 1.165) is 5.69 Å². The lowest BCUT2D eigenvalue weighted by atomic mass is 10.1. The predicted molar refractivity (Wildman–Crippen MR) is 97.9 cm³/mol. The molecule has 1 heterocycles. The van der Waals surface area contributed by atoms with E-state index in [9.17, 15) is 14.4 Å². The monoisotopic (exact) mass is 352 g/mol. The lowest BCUT2D eigenvalue weighted by Gasteiger charge is -2.16. The number of anilines is 2. The third kappa shape index (κ3) is 3.74. The minimum absolute atomic E-state index is 0.213. The van der Waals surface area contributed by atoms with Gasteiger partial charge in [-0.1, -0.05) is 24.3 Å². The Bertz CT molecular complexity index is 820. The number of nitrogens with zero attached hydrogens (tertiary/aromatic N) is 1. The van der Waals surface area contributed by atoms with Gasteiger partial charge in [0.2, 0.25) is 11.8 Å². The molecule has 2 amide bonds. The summed E-state index contributed by atoms with van der Waals surface area (Å²) in [4.78, 5) is 38.5. The number of hydrogen-bond donors (Lipinski definition) is 1. The van der Waals surface area contributed by atoms with E-state index >= 15 is 0 Å². The summed E-state index contributed by atoms with van der Waals surface area (Å²) in [7, 11) is 0. The third-order valence-corrected chi connectivity index (χ3v) is 4.23. The van der Waals surface area contributed by atoms with E-state index in [-0.39, 0.29) is 18.4 Å². The van der Waals surface area contributed by atoms with Gasteiger partial charge in [-0.25, -0.2) is 4.79 Å². The van der Waals surface area contributed by atoms with Gasteiger partial charge in [0, 0.05) is 17.9 Å². The molecule has 1 saturated heterocycles. The van der Waals surface area contributed by atoms with Crippen molar-refractivity contribution in [1.29, 1.82) is 0 Å². The zero-order valence-electron chi connectivity index (χ0n) is 14.5. The molecule has 3 rings (SSSR count). The number of carbonyl (C=O) groups is 3.